The first-order chi connectivity index (χ1) is 11.9. The molecule has 1 N–H and O–H groups in total. The number of carbonyl (C=O) groups is 1. The van der Waals surface area contributed by atoms with E-state index in [-0.39, 0.29) is 5.91 Å². The number of hydrogen-bond acceptors (Lipinski definition) is 4. The molecule has 4 rings (SSSR count). The quantitative estimate of drug-likeness (QED) is 0.781. The maximum atomic E-state index is 12.6. The molecule has 130 valence electrons. The molecule has 0 unspecified atom stereocenters. The van der Waals surface area contributed by atoms with Gasteiger partial charge in [-0.15, -0.1) is 0 Å². The van der Waals surface area contributed by atoms with Crippen LogP contribution in [0.5, 0.6) is 0 Å². The number of rotatable bonds is 3. The van der Waals surface area contributed by atoms with E-state index in [1.165, 1.54) is 4.31 Å². The van der Waals surface area contributed by atoms with E-state index in [0.29, 0.717) is 25.1 Å². The van der Waals surface area contributed by atoms with Crippen molar-refractivity contribution in [3.05, 3.63) is 42.5 Å². The van der Waals surface area contributed by atoms with E-state index >= 15 is 0 Å². The van der Waals surface area contributed by atoms with Gasteiger partial charge in [-0.3, -0.25) is 4.79 Å². The summed E-state index contributed by atoms with van der Waals surface area (Å²) in [5.41, 5.74) is 2.17. The van der Waals surface area contributed by atoms with Crippen LogP contribution >= 0.6 is 0 Å². The summed E-state index contributed by atoms with van der Waals surface area (Å²) in [5.74, 6) is -0.296. The van der Waals surface area contributed by atoms with Crippen molar-refractivity contribution >= 4 is 43.6 Å². The van der Waals surface area contributed by atoms with Crippen molar-refractivity contribution in [1.82, 2.24) is 4.31 Å². The van der Waals surface area contributed by atoms with Gasteiger partial charge in [-0.25, -0.2) is 8.42 Å². The minimum atomic E-state index is -3.39. The van der Waals surface area contributed by atoms with E-state index in [1.54, 1.807) is 6.07 Å². The van der Waals surface area contributed by atoms with Crippen LogP contribution in [0.25, 0.3) is 21.9 Å². The number of benzene rings is 2. The molecule has 1 fully saturated rings. The molecule has 1 aromatic heterocycles. The largest absolute Gasteiger partial charge is 0.456 e. The molecule has 0 aliphatic carbocycles. The van der Waals surface area contributed by atoms with Gasteiger partial charge in [-0.05, 0) is 37.1 Å². The van der Waals surface area contributed by atoms with E-state index < -0.39 is 16.1 Å². The first kappa shape index (κ1) is 16.1. The second-order valence-electron chi connectivity index (χ2n) is 6.33. The Morgan fingerprint density at radius 2 is 1.92 bits per heavy atom. The van der Waals surface area contributed by atoms with Crippen LogP contribution in [-0.2, 0) is 14.8 Å². The smallest absolute Gasteiger partial charge is 0.242 e. The lowest BCUT2D eigenvalue weighted by molar-refractivity contribution is -0.119. The average Bonchev–Trinajstić information content (AvgIpc) is 3.19. The van der Waals surface area contributed by atoms with Crippen molar-refractivity contribution in [2.75, 3.05) is 18.1 Å². The third-order valence-electron chi connectivity index (χ3n) is 4.58. The molecule has 1 aliphatic heterocycles. The Kier molecular flexibility index (Phi) is 3.77. The van der Waals surface area contributed by atoms with E-state index in [4.69, 9.17) is 4.42 Å². The maximum Gasteiger partial charge on any atom is 0.242 e. The van der Waals surface area contributed by atoms with E-state index in [2.05, 4.69) is 5.32 Å². The Hall–Kier alpha value is -2.38. The molecule has 1 aliphatic rings. The molecule has 3 aromatic rings. The number of nitrogens with one attached hydrogen (secondary N) is 1. The SMILES string of the molecule is CS(=O)(=O)N1CCC[C@@H]1C(=O)Nc1ccc2oc3ccccc3c2c1. The second kappa shape index (κ2) is 5.86. The van der Waals surface area contributed by atoms with Gasteiger partial charge in [0.1, 0.15) is 17.2 Å². The highest BCUT2D eigenvalue weighted by Gasteiger charge is 2.36. The molecule has 0 bridgehead atoms. The summed E-state index contributed by atoms with van der Waals surface area (Å²) < 4.78 is 30.7. The number of para-hydroxylation sites is 1. The van der Waals surface area contributed by atoms with Gasteiger partial charge >= 0.3 is 0 Å². The Morgan fingerprint density at radius 3 is 2.72 bits per heavy atom. The van der Waals surface area contributed by atoms with E-state index in [9.17, 15) is 13.2 Å². The minimum absolute atomic E-state index is 0.296. The maximum absolute atomic E-state index is 12.6. The molecule has 0 saturated carbocycles. The van der Waals surface area contributed by atoms with Crippen molar-refractivity contribution < 1.29 is 17.6 Å². The van der Waals surface area contributed by atoms with Crippen LogP contribution in [0.15, 0.2) is 46.9 Å². The van der Waals surface area contributed by atoms with Crippen molar-refractivity contribution in [2.45, 2.75) is 18.9 Å². The molecule has 0 radical (unpaired) electrons. The molecular weight excluding hydrogens is 340 g/mol. The fraction of sp³-hybridized carbons (Fsp3) is 0.278. The fourth-order valence-corrected chi connectivity index (χ4v) is 4.55. The van der Waals surface area contributed by atoms with Gasteiger partial charge in [0, 0.05) is 23.0 Å². The molecule has 2 aromatic carbocycles. The molecule has 1 atom stereocenters. The van der Waals surface area contributed by atoms with Crippen LogP contribution in [0.3, 0.4) is 0 Å². The lowest BCUT2D eigenvalue weighted by Gasteiger charge is -2.21. The van der Waals surface area contributed by atoms with Crippen molar-refractivity contribution in [2.24, 2.45) is 0 Å². The number of sulfonamides is 1. The second-order valence-corrected chi connectivity index (χ2v) is 8.27. The first-order valence-electron chi connectivity index (χ1n) is 8.12. The van der Waals surface area contributed by atoms with Gasteiger partial charge < -0.3 is 9.73 Å². The average molecular weight is 358 g/mol. The summed E-state index contributed by atoms with van der Waals surface area (Å²) in [6.07, 6.45) is 2.37. The summed E-state index contributed by atoms with van der Waals surface area (Å²) >= 11 is 0. The highest BCUT2D eigenvalue weighted by atomic mass is 32.2. The zero-order chi connectivity index (χ0) is 17.6. The molecular formula is C18H18N2O4S. The van der Waals surface area contributed by atoms with E-state index in [1.807, 2.05) is 36.4 Å². The van der Waals surface area contributed by atoms with E-state index in [0.717, 1.165) is 28.2 Å². The van der Waals surface area contributed by atoms with Gasteiger partial charge in [0.2, 0.25) is 15.9 Å². The van der Waals surface area contributed by atoms with Crippen molar-refractivity contribution in [1.29, 1.82) is 0 Å². The van der Waals surface area contributed by atoms with Crippen LogP contribution < -0.4 is 5.32 Å². The summed E-state index contributed by atoms with van der Waals surface area (Å²) in [7, 11) is -3.39. The summed E-state index contributed by atoms with van der Waals surface area (Å²) in [6, 6.07) is 12.5. The Balaban J connectivity index is 1.64. The predicted octanol–water partition coefficient (Wildman–Crippen LogP) is 2.95. The van der Waals surface area contributed by atoms with Crippen LogP contribution in [-0.4, -0.2) is 37.5 Å². The topological polar surface area (TPSA) is 79.6 Å². The molecule has 2 heterocycles. The Morgan fingerprint density at radius 1 is 1.16 bits per heavy atom. The molecule has 25 heavy (non-hydrogen) atoms. The monoisotopic (exact) mass is 358 g/mol. The summed E-state index contributed by atoms with van der Waals surface area (Å²) in [4.78, 5) is 12.6. The third kappa shape index (κ3) is 2.89. The number of anilines is 1. The van der Waals surface area contributed by atoms with Gasteiger partial charge in [-0.2, -0.15) is 4.31 Å². The van der Waals surface area contributed by atoms with Gasteiger partial charge in [-0.1, -0.05) is 18.2 Å². The molecule has 1 saturated heterocycles. The number of nitrogens with zero attached hydrogens (tertiary/aromatic N) is 1. The Bertz CT molecular complexity index is 1070. The first-order valence-corrected chi connectivity index (χ1v) is 9.97. The van der Waals surface area contributed by atoms with Crippen LogP contribution in [0.2, 0.25) is 0 Å². The standard InChI is InChI=1S/C18H18N2O4S/c1-25(22,23)20-10-4-6-15(20)18(21)19-12-8-9-17-14(11-12)13-5-2-3-7-16(13)24-17/h2-3,5,7-9,11,15H,4,6,10H2,1H3,(H,19,21)/t15-/m1/s1. The normalized spacial score (nSPS) is 18.8. The molecule has 6 nitrogen and oxygen atoms in total. The molecule has 0 spiro atoms. The molecule has 1 amide bonds. The number of carbonyl (C=O) groups excluding carboxylic acids is 1. The number of hydrogen-bond donors (Lipinski definition) is 1. The summed E-state index contributed by atoms with van der Waals surface area (Å²) in [6.45, 7) is 0.391. The predicted molar refractivity (Wildman–Crippen MR) is 96.9 cm³/mol. The third-order valence-corrected chi connectivity index (χ3v) is 5.87. The van der Waals surface area contributed by atoms with Crippen molar-refractivity contribution in [3.63, 3.8) is 0 Å². The van der Waals surface area contributed by atoms with Crippen LogP contribution in [0.1, 0.15) is 12.8 Å². The lowest BCUT2D eigenvalue weighted by atomic mass is 10.1. The fourth-order valence-electron chi connectivity index (χ4n) is 3.43. The highest BCUT2D eigenvalue weighted by molar-refractivity contribution is 7.88. The van der Waals surface area contributed by atoms with Crippen LogP contribution in [0, 0.1) is 0 Å². The zero-order valence-corrected chi connectivity index (χ0v) is 14.5. The van der Waals surface area contributed by atoms with Gasteiger partial charge in [0.15, 0.2) is 0 Å². The van der Waals surface area contributed by atoms with Crippen molar-refractivity contribution in [3.8, 4) is 0 Å². The summed E-state index contributed by atoms with van der Waals surface area (Å²) in [5, 5.41) is 4.74. The number of fused-ring (bicyclic) bond motifs is 3. The van der Waals surface area contributed by atoms with Crippen LogP contribution in [0.4, 0.5) is 5.69 Å². The minimum Gasteiger partial charge on any atom is -0.456 e. The number of amides is 1. The Labute approximate surface area is 145 Å². The highest BCUT2D eigenvalue weighted by Crippen LogP contribution is 2.31. The van der Waals surface area contributed by atoms with Gasteiger partial charge in [0.05, 0.1) is 6.26 Å². The number of furan rings is 1. The van der Waals surface area contributed by atoms with Gasteiger partial charge in [0.25, 0.3) is 0 Å². The lowest BCUT2D eigenvalue weighted by Crippen LogP contribution is -2.42. The molecule has 7 heteroatoms. The zero-order valence-electron chi connectivity index (χ0n) is 13.7.